The quantitative estimate of drug-likeness (QED) is 0.642. The van der Waals surface area contributed by atoms with Gasteiger partial charge in [-0.1, -0.05) is 55.5 Å². The minimum absolute atomic E-state index is 0.0612. The number of carbonyl (C=O) groups is 4. The van der Waals surface area contributed by atoms with E-state index in [9.17, 15) is 29.4 Å². The Morgan fingerprint density at radius 2 is 1.10 bits per heavy atom. The highest BCUT2D eigenvalue weighted by atomic mass is 16.4. The predicted octanol–water partition coefficient (Wildman–Crippen LogP) is 3.19. The van der Waals surface area contributed by atoms with Gasteiger partial charge in [-0.2, -0.15) is 0 Å². The van der Waals surface area contributed by atoms with Crippen LogP contribution in [-0.2, 0) is 38.4 Å². The lowest BCUT2D eigenvalue weighted by Gasteiger charge is -2.45. The minimum atomic E-state index is -1.31. The molecule has 0 aromatic heterocycles. The second kappa shape index (κ2) is 9.25. The molecule has 162 valence electrons. The lowest BCUT2D eigenvalue weighted by atomic mass is 9.53. The van der Waals surface area contributed by atoms with Crippen LogP contribution in [0.3, 0.4) is 0 Å². The third-order valence-electron chi connectivity index (χ3n) is 6.20. The first kappa shape index (κ1) is 22.4. The minimum Gasteiger partial charge on any atom is -0.481 e. The van der Waals surface area contributed by atoms with Crippen LogP contribution in [0.25, 0.3) is 0 Å². The maximum absolute atomic E-state index is 12.8. The summed E-state index contributed by atoms with van der Waals surface area (Å²) in [6.45, 7) is 3.28. The van der Waals surface area contributed by atoms with E-state index in [-0.39, 0.29) is 6.42 Å². The molecule has 0 bridgehead atoms. The molecule has 2 aromatic rings. The van der Waals surface area contributed by atoms with Crippen molar-refractivity contribution in [3.8, 4) is 0 Å². The first-order valence-electron chi connectivity index (χ1n) is 10.4. The SMILES string of the molecule is CCc1ccc(Cc2ccc(CC(=O)C3C(C(=O)O)C(C(C)=O)C3C(=O)O)cc2)cc1. The number of ketones is 2. The van der Waals surface area contributed by atoms with Crippen LogP contribution in [0.5, 0.6) is 0 Å². The first-order chi connectivity index (χ1) is 14.7. The molecule has 2 aromatic carbocycles. The number of rotatable bonds is 9. The predicted molar refractivity (Wildman–Crippen MR) is 114 cm³/mol. The molecule has 0 aliphatic heterocycles. The van der Waals surface area contributed by atoms with E-state index in [1.807, 2.05) is 12.1 Å². The summed E-state index contributed by atoms with van der Waals surface area (Å²) in [4.78, 5) is 47.7. The fraction of sp³-hybridized carbons (Fsp3) is 0.360. The number of carbonyl (C=O) groups excluding carboxylic acids is 2. The van der Waals surface area contributed by atoms with Crippen molar-refractivity contribution in [2.45, 2.75) is 33.1 Å². The number of aryl methyl sites for hydroxylation is 1. The van der Waals surface area contributed by atoms with Gasteiger partial charge in [0.15, 0.2) is 0 Å². The van der Waals surface area contributed by atoms with Crippen LogP contribution in [0.15, 0.2) is 48.5 Å². The molecular weight excluding hydrogens is 396 g/mol. The molecule has 0 spiro atoms. The Labute approximate surface area is 180 Å². The summed E-state index contributed by atoms with van der Waals surface area (Å²) in [6.07, 6.45) is 1.68. The molecule has 0 radical (unpaired) electrons. The fourth-order valence-electron chi connectivity index (χ4n) is 4.49. The van der Waals surface area contributed by atoms with Gasteiger partial charge in [0, 0.05) is 18.3 Å². The third kappa shape index (κ3) is 4.74. The number of carboxylic acid groups (broad SMARTS) is 2. The molecule has 6 nitrogen and oxygen atoms in total. The molecule has 6 heteroatoms. The Morgan fingerprint density at radius 1 is 0.677 bits per heavy atom. The van der Waals surface area contributed by atoms with Gasteiger partial charge in [0.05, 0.1) is 11.8 Å². The summed E-state index contributed by atoms with van der Waals surface area (Å²) in [6, 6.07) is 15.8. The number of benzene rings is 2. The van der Waals surface area contributed by atoms with Crippen molar-refractivity contribution in [1.29, 1.82) is 0 Å². The van der Waals surface area contributed by atoms with Gasteiger partial charge in [0.2, 0.25) is 0 Å². The lowest BCUT2D eigenvalue weighted by Crippen LogP contribution is -2.59. The summed E-state index contributed by atoms with van der Waals surface area (Å²) in [7, 11) is 0. The van der Waals surface area contributed by atoms with E-state index in [0.717, 1.165) is 18.4 Å². The smallest absolute Gasteiger partial charge is 0.308 e. The number of aliphatic carboxylic acids is 2. The second-order valence-corrected chi connectivity index (χ2v) is 8.20. The number of hydrogen-bond donors (Lipinski definition) is 2. The number of hydrogen-bond acceptors (Lipinski definition) is 4. The van der Waals surface area contributed by atoms with E-state index < -0.39 is 47.2 Å². The maximum atomic E-state index is 12.8. The van der Waals surface area contributed by atoms with Gasteiger partial charge in [0.1, 0.15) is 11.6 Å². The van der Waals surface area contributed by atoms with Gasteiger partial charge >= 0.3 is 11.9 Å². The van der Waals surface area contributed by atoms with E-state index in [1.54, 1.807) is 12.1 Å². The van der Waals surface area contributed by atoms with Crippen LogP contribution < -0.4 is 0 Å². The summed E-state index contributed by atoms with van der Waals surface area (Å²) in [5, 5.41) is 18.9. The average Bonchev–Trinajstić information content (AvgIpc) is 2.68. The normalized spacial score (nSPS) is 22.4. The van der Waals surface area contributed by atoms with Crippen molar-refractivity contribution < 1.29 is 29.4 Å². The van der Waals surface area contributed by atoms with Crippen molar-refractivity contribution in [2.75, 3.05) is 0 Å². The molecule has 2 unspecified atom stereocenters. The molecule has 1 fully saturated rings. The largest absolute Gasteiger partial charge is 0.481 e. The van der Waals surface area contributed by atoms with Crippen molar-refractivity contribution >= 4 is 23.5 Å². The van der Waals surface area contributed by atoms with Crippen LogP contribution in [0.1, 0.15) is 36.1 Å². The van der Waals surface area contributed by atoms with Crippen molar-refractivity contribution in [3.05, 3.63) is 70.8 Å². The monoisotopic (exact) mass is 422 g/mol. The zero-order valence-electron chi connectivity index (χ0n) is 17.6. The second-order valence-electron chi connectivity index (χ2n) is 8.20. The highest BCUT2D eigenvalue weighted by Gasteiger charge is 2.62. The van der Waals surface area contributed by atoms with Gasteiger partial charge in [-0.25, -0.2) is 0 Å². The summed E-state index contributed by atoms with van der Waals surface area (Å²) in [5.41, 5.74) is 4.22. The summed E-state index contributed by atoms with van der Waals surface area (Å²) in [5.74, 6) is -8.50. The third-order valence-corrected chi connectivity index (χ3v) is 6.20. The fourth-order valence-corrected chi connectivity index (χ4v) is 4.49. The molecule has 0 heterocycles. The molecule has 1 aliphatic carbocycles. The Morgan fingerprint density at radius 3 is 1.48 bits per heavy atom. The van der Waals surface area contributed by atoms with E-state index in [2.05, 4.69) is 31.2 Å². The Balaban J connectivity index is 1.69. The lowest BCUT2D eigenvalue weighted by molar-refractivity contribution is -0.179. The Bertz CT molecular complexity index is 968. The molecule has 2 atom stereocenters. The first-order valence-corrected chi connectivity index (χ1v) is 10.4. The molecule has 3 rings (SSSR count). The molecule has 1 aliphatic rings. The molecule has 31 heavy (non-hydrogen) atoms. The zero-order chi connectivity index (χ0) is 22.7. The van der Waals surface area contributed by atoms with Gasteiger partial charge < -0.3 is 10.2 Å². The molecule has 0 amide bonds. The molecule has 2 N–H and O–H groups in total. The van der Waals surface area contributed by atoms with E-state index >= 15 is 0 Å². The van der Waals surface area contributed by atoms with E-state index in [1.165, 1.54) is 18.1 Å². The van der Waals surface area contributed by atoms with Gasteiger partial charge in [-0.3, -0.25) is 19.2 Å². The maximum Gasteiger partial charge on any atom is 0.308 e. The number of carboxylic acids is 2. The van der Waals surface area contributed by atoms with Gasteiger partial charge in [-0.05, 0) is 42.0 Å². The molecular formula is C25H26O6. The van der Waals surface area contributed by atoms with Crippen LogP contribution in [0.2, 0.25) is 0 Å². The van der Waals surface area contributed by atoms with Crippen molar-refractivity contribution in [1.82, 2.24) is 0 Å². The topological polar surface area (TPSA) is 109 Å². The average molecular weight is 422 g/mol. The summed E-state index contributed by atoms with van der Waals surface area (Å²) >= 11 is 0. The van der Waals surface area contributed by atoms with Crippen molar-refractivity contribution in [2.24, 2.45) is 23.7 Å². The standard InChI is InChI=1S/C25H26O6/c1-3-15-4-6-16(7-5-15)12-17-8-10-18(11-9-17)13-19(27)21-22(24(28)29)20(14(2)26)23(21)25(30)31/h4-11,20-23H,3,12-13H2,1-2H3,(H,28,29)(H,30,31). The van der Waals surface area contributed by atoms with E-state index in [0.29, 0.717) is 5.56 Å². The van der Waals surface area contributed by atoms with Crippen LogP contribution in [-0.4, -0.2) is 33.7 Å². The van der Waals surface area contributed by atoms with Crippen LogP contribution in [0, 0.1) is 23.7 Å². The molecule has 0 saturated heterocycles. The Kier molecular flexibility index (Phi) is 6.68. The van der Waals surface area contributed by atoms with Crippen LogP contribution >= 0.6 is 0 Å². The number of Topliss-reactive ketones (excluding diaryl/α,β-unsaturated/α-hetero) is 2. The molecule has 1 saturated carbocycles. The Hall–Kier alpha value is -3.28. The highest BCUT2D eigenvalue weighted by molar-refractivity contribution is 6.00. The van der Waals surface area contributed by atoms with E-state index in [4.69, 9.17) is 0 Å². The summed E-state index contributed by atoms with van der Waals surface area (Å²) < 4.78 is 0. The highest BCUT2D eigenvalue weighted by Crippen LogP contribution is 2.48. The zero-order valence-corrected chi connectivity index (χ0v) is 17.6. The van der Waals surface area contributed by atoms with Crippen LogP contribution in [0.4, 0.5) is 0 Å². The van der Waals surface area contributed by atoms with Gasteiger partial charge in [0.25, 0.3) is 0 Å². The van der Waals surface area contributed by atoms with Crippen molar-refractivity contribution in [3.63, 3.8) is 0 Å². The van der Waals surface area contributed by atoms with Gasteiger partial charge in [-0.15, -0.1) is 0 Å².